The summed E-state index contributed by atoms with van der Waals surface area (Å²) in [6, 6.07) is 6.69. The van der Waals surface area contributed by atoms with Crippen molar-refractivity contribution >= 4 is 75.1 Å². The molecule has 2 aromatic carbocycles. The van der Waals surface area contributed by atoms with Crippen molar-refractivity contribution in [3.63, 3.8) is 0 Å². The molecule has 0 bridgehead atoms. The van der Waals surface area contributed by atoms with Gasteiger partial charge in [0, 0.05) is 23.4 Å². The minimum absolute atomic E-state index is 0.0114. The van der Waals surface area contributed by atoms with Gasteiger partial charge in [0.25, 0.3) is 5.91 Å². The van der Waals surface area contributed by atoms with E-state index in [1.165, 1.54) is 41.8 Å². The first kappa shape index (κ1) is 33.7. The highest BCUT2D eigenvalue weighted by molar-refractivity contribution is 8.26. The lowest BCUT2D eigenvalue weighted by Crippen LogP contribution is -2.43. The Morgan fingerprint density at radius 3 is 2.09 bits per heavy atom. The van der Waals surface area contributed by atoms with E-state index in [0.717, 1.165) is 28.0 Å². The first-order chi connectivity index (χ1) is 20.9. The molecule has 3 aromatic rings. The zero-order valence-electron chi connectivity index (χ0n) is 22.4. The molecule has 1 fully saturated rings. The number of thiocarbonyl (C=S) groups is 1. The molecule has 4 rings (SSSR count). The van der Waals surface area contributed by atoms with Crippen molar-refractivity contribution in [2.75, 3.05) is 5.32 Å². The van der Waals surface area contributed by atoms with Crippen LogP contribution in [0.4, 0.5) is 32.0 Å². The van der Waals surface area contributed by atoms with Gasteiger partial charge in [-0.05, 0) is 71.1 Å². The van der Waals surface area contributed by atoms with Crippen molar-refractivity contribution in [2.24, 2.45) is 5.73 Å². The smallest absolute Gasteiger partial charge is 0.416 e. The maximum absolute atomic E-state index is 13.3. The average molecular weight is 688 g/mol. The van der Waals surface area contributed by atoms with Crippen LogP contribution in [0.3, 0.4) is 0 Å². The van der Waals surface area contributed by atoms with Crippen molar-refractivity contribution < 1.29 is 50.6 Å². The van der Waals surface area contributed by atoms with Crippen LogP contribution in [0.5, 0.6) is 0 Å². The van der Waals surface area contributed by atoms with Crippen LogP contribution in [0.2, 0.25) is 0 Å². The highest BCUT2D eigenvalue weighted by Gasteiger charge is 2.39. The van der Waals surface area contributed by atoms with Gasteiger partial charge in [-0.2, -0.15) is 26.3 Å². The number of nitrogens with one attached hydrogen (secondary N) is 1. The Kier molecular flexibility index (Phi) is 9.74. The lowest BCUT2D eigenvalue weighted by atomic mass is 10.0. The number of carboxylic acid groups (broad SMARTS) is 1. The molecule has 2 heterocycles. The van der Waals surface area contributed by atoms with Crippen molar-refractivity contribution in [1.29, 1.82) is 0 Å². The Bertz CT molecular complexity index is 1690. The van der Waals surface area contributed by atoms with Crippen LogP contribution in [0.25, 0.3) is 17.2 Å². The standard InChI is InChI=1S/C28H19F6N3O5S3/c29-27(30,31)16-5-14(6-17(8-16)28(32,33)34)15-7-20(44-12-15)11-21-24(40)37(26(43)45-21)19(9-22(35)38)10-23(39)36-18-3-1-13(2-4-18)25(41)42/h1-8,11-12,19H,9-10H2,(H2,35,38)(H,36,39)(H,41,42). The summed E-state index contributed by atoms with van der Waals surface area (Å²) >= 11 is 7.10. The van der Waals surface area contributed by atoms with Gasteiger partial charge in [-0.25, -0.2) is 4.79 Å². The highest BCUT2D eigenvalue weighted by atomic mass is 32.2. The SMILES string of the molecule is NC(=O)CC(CC(=O)Nc1ccc(C(=O)O)cc1)N1C(=O)C(=Cc2cc(-c3cc(C(F)(F)F)cc(C(F)(F)F)c3)cs2)SC1=S. The number of alkyl halides is 6. The summed E-state index contributed by atoms with van der Waals surface area (Å²) in [4.78, 5) is 50.3. The molecule has 1 saturated heterocycles. The van der Waals surface area contributed by atoms with Crippen LogP contribution >= 0.6 is 35.3 Å². The summed E-state index contributed by atoms with van der Waals surface area (Å²) in [6.45, 7) is 0. The molecule has 1 unspecified atom stereocenters. The first-order valence-corrected chi connectivity index (χ1v) is 14.6. The van der Waals surface area contributed by atoms with Crippen LogP contribution in [-0.2, 0) is 26.7 Å². The van der Waals surface area contributed by atoms with Crippen molar-refractivity contribution in [2.45, 2.75) is 31.2 Å². The number of anilines is 1. The van der Waals surface area contributed by atoms with Gasteiger partial charge in [-0.1, -0.05) is 24.0 Å². The second-order valence-corrected chi connectivity index (χ2v) is 12.2. The molecule has 45 heavy (non-hydrogen) atoms. The largest absolute Gasteiger partial charge is 0.478 e. The van der Waals surface area contributed by atoms with Gasteiger partial charge in [-0.15, -0.1) is 11.3 Å². The molecule has 236 valence electrons. The van der Waals surface area contributed by atoms with Gasteiger partial charge in [0.15, 0.2) is 0 Å². The summed E-state index contributed by atoms with van der Waals surface area (Å²) < 4.78 is 79.9. The molecule has 0 spiro atoms. The molecule has 1 aliphatic heterocycles. The lowest BCUT2D eigenvalue weighted by molar-refractivity contribution is -0.143. The van der Waals surface area contributed by atoms with Crippen LogP contribution in [0.15, 0.2) is 58.8 Å². The van der Waals surface area contributed by atoms with Crippen LogP contribution in [-0.4, -0.2) is 44.1 Å². The number of thioether (sulfide) groups is 1. The number of halogens is 6. The molecule has 8 nitrogen and oxygen atoms in total. The fourth-order valence-electron chi connectivity index (χ4n) is 4.23. The van der Waals surface area contributed by atoms with E-state index in [-0.39, 0.29) is 37.7 Å². The van der Waals surface area contributed by atoms with E-state index in [9.17, 15) is 45.5 Å². The number of aromatic carboxylic acids is 1. The highest BCUT2D eigenvalue weighted by Crippen LogP contribution is 2.41. The normalized spacial score (nSPS) is 15.4. The zero-order chi connectivity index (χ0) is 33.3. The Morgan fingerprint density at radius 1 is 0.956 bits per heavy atom. The number of nitrogens with zero attached hydrogens (tertiary/aromatic N) is 1. The number of rotatable bonds is 9. The predicted octanol–water partition coefficient (Wildman–Crippen LogP) is 6.62. The van der Waals surface area contributed by atoms with Crippen LogP contribution in [0, 0.1) is 0 Å². The number of benzene rings is 2. The van der Waals surface area contributed by atoms with Gasteiger partial charge in [-0.3, -0.25) is 19.3 Å². The Morgan fingerprint density at radius 2 is 1.56 bits per heavy atom. The Hall–Kier alpha value is -4.22. The number of carbonyl (C=O) groups is 4. The van der Waals surface area contributed by atoms with Crippen molar-refractivity contribution in [3.8, 4) is 11.1 Å². The van der Waals surface area contributed by atoms with E-state index in [0.29, 0.717) is 17.0 Å². The minimum atomic E-state index is -5.02. The second-order valence-electron chi connectivity index (χ2n) is 9.54. The maximum Gasteiger partial charge on any atom is 0.416 e. The number of thiophene rings is 1. The topological polar surface area (TPSA) is 130 Å². The summed E-state index contributed by atoms with van der Waals surface area (Å²) in [6.07, 6.45) is -9.55. The third kappa shape index (κ3) is 8.29. The van der Waals surface area contributed by atoms with E-state index < -0.39 is 66.1 Å². The molecule has 1 aromatic heterocycles. The number of hydrogen-bond donors (Lipinski definition) is 3. The molecule has 1 aliphatic rings. The van der Waals surface area contributed by atoms with Gasteiger partial charge in [0.1, 0.15) is 4.32 Å². The van der Waals surface area contributed by atoms with Gasteiger partial charge < -0.3 is 16.2 Å². The number of hydrogen-bond acceptors (Lipinski definition) is 7. The summed E-state index contributed by atoms with van der Waals surface area (Å²) in [5.41, 5.74) is 2.38. The number of carboxylic acids is 1. The third-order valence-electron chi connectivity index (χ3n) is 6.28. The van der Waals surface area contributed by atoms with E-state index in [1.807, 2.05) is 0 Å². The molecule has 0 aliphatic carbocycles. The summed E-state index contributed by atoms with van der Waals surface area (Å²) in [7, 11) is 0. The van der Waals surface area contributed by atoms with Crippen LogP contribution < -0.4 is 11.1 Å². The third-order valence-corrected chi connectivity index (χ3v) is 8.49. The Labute approximate surface area is 263 Å². The number of primary amides is 1. The van der Waals surface area contributed by atoms with E-state index in [1.54, 1.807) is 0 Å². The number of nitrogens with two attached hydrogens (primary N) is 1. The maximum atomic E-state index is 13.3. The Balaban J connectivity index is 1.55. The van der Waals surface area contributed by atoms with Gasteiger partial charge in [0.05, 0.1) is 27.6 Å². The fraction of sp³-hybridized carbons (Fsp3) is 0.179. The lowest BCUT2D eigenvalue weighted by Gasteiger charge is -2.25. The zero-order valence-corrected chi connectivity index (χ0v) is 24.8. The summed E-state index contributed by atoms with van der Waals surface area (Å²) in [5.74, 6) is -3.33. The van der Waals surface area contributed by atoms with E-state index in [2.05, 4.69) is 5.32 Å². The quantitative estimate of drug-likeness (QED) is 0.131. The van der Waals surface area contributed by atoms with E-state index in [4.69, 9.17) is 23.1 Å². The molecular weight excluding hydrogens is 669 g/mol. The van der Waals surface area contributed by atoms with Crippen LogP contribution in [0.1, 0.15) is 39.2 Å². The molecule has 0 radical (unpaired) electrons. The van der Waals surface area contributed by atoms with Crippen molar-refractivity contribution in [1.82, 2.24) is 4.90 Å². The van der Waals surface area contributed by atoms with Gasteiger partial charge in [0.2, 0.25) is 11.8 Å². The summed E-state index contributed by atoms with van der Waals surface area (Å²) in [5, 5.41) is 12.9. The molecule has 4 N–H and O–H groups in total. The van der Waals surface area contributed by atoms with E-state index >= 15 is 0 Å². The predicted molar refractivity (Wildman–Crippen MR) is 159 cm³/mol. The molecular formula is C28H19F6N3O5S3. The molecule has 0 saturated carbocycles. The monoisotopic (exact) mass is 687 g/mol. The molecule has 3 amide bonds. The van der Waals surface area contributed by atoms with Crippen molar-refractivity contribution in [3.05, 3.63) is 80.4 Å². The average Bonchev–Trinajstić information content (AvgIpc) is 3.50. The molecule has 1 atom stereocenters. The fourth-order valence-corrected chi connectivity index (χ4v) is 6.55. The van der Waals surface area contributed by atoms with Gasteiger partial charge >= 0.3 is 18.3 Å². The second kappa shape index (κ2) is 13.0. The number of carbonyl (C=O) groups excluding carboxylic acids is 3. The number of amides is 3. The minimum Gasteiger partial charge on any atom is -0.478 e. The molecule has 17 heteroatoms. The first-order valence-electron chi connectivity index (χ1n) is 12.5.